The Morgan fingerprint density at radius 1 is 0.265 bits per heavy atom. The molecule has 0 aliphatic carbocycles. The van der Waals surface area contributed by atoms with Gasteiger partial charge < -0.3 is 4.74 Å². The van der Waals surface area contributed by atoms with E-state index in [4.69, 9.17) is 4.74 Å². The Morgan fingerprint density at radius 2 is 0.515 bits per heavy atom. The predicted molar refractivity (Wildman–Crippen MR) is 307 cm³/mol. The lowest BCUT2D eigenvalue weighted by molar-refractivity contribution is 0.482. The van der Waals surface area contributed by atoms with Gasteiger partial charge in [0.15, 0.2) is 0 Å². The molecule has 7 aromatic rings. The largest absolute Gasteiger partial charge is 0.457 e. The number of hydrogen-bond acceptors (Lipinski definition) is 1. The molecule has 0 saturated carbocycles. The molecule has 1 nitrogen and oxygen atoms in total. The summed E-state index contributed by atoms with van der Waals surface area (Å²) >= 11 is 0. The van der Waals surface area contributed by atoms with Crippen LogP contribution in [0.3, 0.4) is 0 Å². The number of ether oxygens (including phenoxy) is 1. The monoisotopic (exact) mass is 915 g/mol. The van der Waals surface area contributed by atoms with E-state index in [1.807, 2.05) is 48.5 Å². The molecule has 7 aromatic carbocycles. The third kappa shape index (κ3) is 32.1. The van der Waals surface area contributed by atoms with Crippen LogP contribution < -0.4 is 4.74 Å². The van der Waals surface area contributed by atoms with Crippen LogP contribution in [0.2, 0.25) is 0 Å². The van der Waals surface area contributed by atoms with Gasteiger partial charge in [0.05, 0.1) is 0 Å². The summed E-state index contributed by atoms with van der Waals surface area (Å²) in [6, 6.07) is 58.7. The van der Waals surface area contributed by atoms with Crippen molar-refractivity contribution in [3.8, 4) is 22.6 Å². The smallest absolute Gasteiger partial charge is 0.127 e. The van der Waals surface area contributed by atoms with E-state index in [1.165, 1.54) is 131 Å². The summed E-state index contributed by atoms with van der Waals surface area (Å²) in [7, 11) is 0. The van der Waals surface area contributed by atoms with E-state index in [9.17, 15) is 0 Å². The summed E-state index contributed by atoms with van der Waals surface area (Å²) in [4.78, 5) is 0. The summed E-state index contributed by atoms with van der Waals surface area (Å²) in [6.45, 7) is 30.0. The third-order valence-corrected chi connectivity index (χ3v) is 10.9. The Bertz CT molecular complexity index is 2050. The minimum absolute atomic E-state index is 0. The number of benzene rings is 7. The lowest BCUT2D eigenvalue weighted by Crippen LogP contribution is -1.84. The van der Waals surface area contributed by atoms with Gasteiger partial charge in [-0.15, -0.1) is 0 Å². The Labute approximate surface area is 419 Å². The van der Waals surface area contributed by atoms with Crippen molar-refractivity contribution in [3.05, 3.63) is 225 Å². The highest BCUT2D eigenvalue weighted by Crippen LogP contribution is 2.22. The maximum atomic E-state index is 5.69. The van der Waals surface area contributed by atoms with Gasteiger partial charge in [0.25, 0.3) is 0 Å². The van der Waals surface area contributed by atoms with Gasteiger partial charge in [-0.3, -0.25) is 0 Å². The van der Waals surface area contributed by atoms with Crippen LogP contribution in [0.4, 0.5) is 0 Å². The minimum atomic E-state index is 0. The first-order valence-electron chi connectivity index (χ1n) is 25.2. The molecular weight excluding hydrogens is 821 g/mol. The standard InChI is InChI=1S/C14H14O.C14H14.3C8H10.C8H18.C6H14.CH4/c1-11-3-7-13(8-4-11)15-14-9-5-12(2)6-10-14;1-11-3-7-13(8-4-11)14-9-5-12(2)6-10-14;1-7-3-5-8(2)6-4-7;1-7-4-3-5-8(2)6-7;1-7-5-3-4-6-8(7)2;1-3-5-7-8-6-4-2;1-3-5-6-4-2;/h3-10H,1-2H3;3-10H,1-2H3;3*3-6H,1-2H3;3-8H2,1-2H3;3-6H2,1-2H3;1H4. The van der Waals surface area contributed by atoms with Gasteiger partial charge in [0.2, 0.25) is 0 Å². The van der Waals surface area contributed by atoms with Gasteiger partial charge >= 0.3 is 0 Å². The maximum Gasteiger partial charge on any atom is 0.127 e. The van der Waals surface area contributed by atoms with Crippen LogP contribution in [0.5, 0.6) is 11.5 Å². The topological polar surface area (TPSA) is 9.23 Å². The molecule has 368 valence electrons. The van der Waals surface area contributed by atoms with Crippen molar-refractivity contribution in [3.63, 3.8) is 0 Å². The van der Waals surface area contributed by atoms with Crippen LogP contribution in [0, 0.1) is 69.2 Å². The number of unbranched alkanes of at least 4 members (excludes halogenated alkanes) is 8. The highest BCUT2D eigenvalue weighted by Gasteiger charge is 1.97. The molecule has 0 aliphatic heterocycles. The van der Waals surface area contributed by atoms with Crippen molar-refractivity contribution in [2.75, 3.05) is 0 Å². The molecule has 0 atom stereocenters. The normalized spacial score (nSPS) is 9.50. The van der Waals surface area contributed by atoms with Crippen molar-refractivity contribution in [2.24, 2.45) is 0 Å². The molecular formula is C67H94O. The first-order valence-corrected chi connectivity index (χ1v) is 25.2. The van der Waals surface area contributed by atoms with Crippen LogP contribution >= 0.6 is 0 Å². The van der Waals surface area contributed by atoms with E-state index in [1.54, 1.807) is 0 Å². The first-order chi connectivity index (χ1) is 32.2. The Hall–Kier alpha value is -5.66. The van der Waals surface area contributed by atoms with Gasteiger partial charge in [-0.05, 0) is 116 Å². The van der Waals surface area contributed by atoms with Gasteiger partial charge in [-0.25, -0.2) is 0 Å². The fourth-order valence-corrected chi connectivity index (χ4v) is 6.30. The summed E-state index contributed by atoms with van der Waals surface area (Å²) in [5.41, 5.74) is 15.7. The minimum Gasteiger partial charge on any atom is -0.457 e. The molecule has 0 N–H and O–H groups in total. The van der Waals surface area contributed by atoms with Crippen molar-refractivity contribution in [2.45, 2.75) is 169 Å². The highest BCUT2D eigenvalue weighted by molar-refractivity contribution is 5.63. The second-order valence-corrected chi connectivity index (χ2v) is 18.0. The summed E-state index contributed by atoms with van der Waals surface area (Å²) < 4.78 is 5.69. The molecule has 1 heteroatoms. The van der Waals surface area contributed by atoms with Crippen molar-refractivity contribution in [1.29, 1.82) is 0 Å². The zero-order chi connectivity index (χ0) is 49.7. The van der Waals surface area contributed by atoms with Gasteiger partial charge in [-0.2, -0.15) is 0 Å². The molecule has 0 fully saturated rings. The fourth-order valence-electron chi connectivity index (χ4n) is 6.30. The third-order valence-electron chi connectivity index (χ3n) is 10.9. The van der Waals surface area contributed by atoms with E-state index in [-0.39, 0.29) is 7.43 Å². The molecule has 0 amide bonds. The maximum absolute atomic E-state index is 5.69. The average molecular weight is 915 g/mol. The molecule has 0 unspecified atom stereocenters. The van der Waals surface area contributed by atoms with Gasteiger partial charge in [-0.1, -0.05) is 289 Å². The van der Waals surface area contributed by atoms with E-state index in [0.717, 1.165) is 11.5 Å². The molecule has 0 aromatic heterocycles. The number of rotatable bonds is 11. The van der Waals surface area contributed by atoms with E-state index in [0.29, 0.717) is 0 Å². The summed E-state index contributed by atoms with van der Waals surface area (Å²) in [5.74, 6) is 1.76. The Kier molecular flexibility index (Phi) is 36.1. The molecule has 0 spiro atoms. The number of hydrogen-bond donors (Lipinski definition) is 0. The van der Waals surface area contributed by atoms with E-state index in [2.05, 4.69) is 218 Å². The molecule has 7 rings (SSSR count). The summed E-state index contributed by atoms with van der Waals surface area (Å²) in [6.07, 6.45) is 14.0. The Balaban J connectivity index is 0.000000789. The second-order valence-electron chi connectivity index (χ2n) is 18.0. The predicted octanol–water partition coefficient (Wildman–Crippen LogP) is 21.6. The molecule has 0 saturated heterocycles. The van der Waals surface area contributed by atoms with E-state index < -0.39 is 0 Å². The van der Waals surface area contributed by atoms with Crippen LogP contribution in [0.15, 0.2) is 170 Å². The van der Waals surface area contributed by atoms with Crippen LogP contribution in [-0.2, 0) is 0 Å². The lowest BCUT2D eigenvalue weighted by Gasteiger charge is -2.05. The molecule has 0 bridgehead atoms. The van der Waals surface area contributed by atoms with Crippen LogP contribution in [0.1, 0.15) is 155 Å². The molecule has 0 radical (unpaired) electrons. The molecule has 0 heterocycles. The quantitative estimate of drug-likeness (QED) is 0.118. The van der Waals surface area contributed by atoms with Gasteiger partial charge in [0, 0.05) is 0 Å². The van der Waals surface area contributed by atoms with Crippen LogP contribution in [-0.4, -0.2) is 0 Å². The molecule has 0 aliphatic rings. The van der Waals surface area contributed by atoms with Crippen LogP contribution in [0.25, 0.3) is 11.1 Å². The number of aryl methyl sites for hydroxylation is 10. The molecule has 68 heavy (non-hydrogen) atoms. The fraction of sp³-hybridized carbons (Fsp3) is 0.373. The SMILES string of the molecule is C.CCCCCC.CCCCCCCC.Cc1ccc(-c2ccc(C)cc2)cc1.Cc1ccc(C)cc1.Cc1ccc(Oc2ccc(C)cc2)cc1.Cc1cccc(C)c1.Cc1ccccc1C. The highest BCUT2D eigenvalue weighted by atomic mass is 16.5. The van der Waals surface area contributed by atoms with E-state index >= 15 is 0 Å². The van der Waals surface area contributed by atoms with Crippen molar-refractivity contribution in [1.82, 2.24) is 0 Å². The van der Waals surface area contributed by atoms with Gasteiger partial charge in [0.1, 0.15) is 11.5 Å². The Morgan fingerprint density at radius 3 is 0.750 bits per heavy atom. The average Bonchev–Trinajstić information content (AvgIpc) is 3.32. The van der Waals surface area contributed by atoms with Crippen molar-refractivity contribution < 1.29 is 4.74 Å². The van der Waals surface area contributed by atoms with Crippen molar-refractivity contribution >= 4 is 0 Å². The zero-order valence-corrected chi connectivity index (χ0v) is 44.6. The lowest BCUT2D eigenvalue weighted by atomic mass is 10.0. The zero-order valence-electron chi connectivity index (χ0n) is 44.6. The summed E-state index contributed by atoms with van der Waals surface area (Å²) in [5, 5.41) is 0. The first kappa shape index (κ1) is 62.3. The second kappa shape index (κ2) is 39.3.